The number of nitrogens with one attached hydrogen (secondary N) is 1. The Labute approximate surface area is 148 Å². The number of aromatic hydroxyl groups is 1. The molecule has 0 saturated carbocycles. The number of carbonyl (C=O) groups is 1. The Kier molecular flexibility index (Phi) is 4.90. The molecule has 2 aromatic heterocycles. The zero-order valence-corrected chi connectivity index (χ0v) is 14.9. The minimum absolute atomic E-state index is 0.0513. The van der Waals surface area contributed by atoms with Gasteiger partial charge in [0.1, 0.15) is 11.3 Å². The van der Waals surface area contributed by atoms with Gasteiger partial charge in [-0.15, -0.1) is 0 Å². The Balaban J connectivity index is 1.78. The van der Waals surface area contributed by atoms with Crippen LogP contribution in [0.1, 0.15) is 22.3 Å². The van der Waals surface area contributed by atoms with E-state index in [4.69, 9.17) is 4.42 Å². The number of carbonyl (C=O) groups excluding carboxylic acids is 1. The second-order valence-electron chi connectivity index (χ2n) is 6.06. The lowest BCUT2D eigenvalue weighted by molar-refractivity contribution is -0.120. The first-order valence-corrected chi connectivity index (χ1v) is 8.93. The minimum Gasteiger partial charge on any atom is -0.507 e. The van der Waals surface area contributed by atoms with Crippen LogP contribution >= 0.6 is 11.3 Å². The molecule has 0 unspecified atom stereocenters. The van der Waals surface area contributed by atoms with Gasteiger partial charge in [0.2, 0.25) is 5.91 Å². The van der Waals surface area contributed by atoms with Crippen LogP contribution in [0, 0.1) is 13.8 Å². The number of phenols is 1. The van der Waals surface area contributed by atoms with Crippen molar-refractivity contribution in [2.24, 2.45) is 0 Å². The Morgan fingerprint density at radius 2 is 2.12 bits per heavy atom. The number of hydrogen-bond donors (Lipinski definition) is 2. The maximum atomic E-state index is 12.2. The van der Waals surface area contributed by atoms with Gasteiger partial charge < -0.3 is 14.8 Å². The van der Waals surface area contributed by atoms with E-state index in [0.29, 0.717) is 23.1 Å². The zero-order chi connectivity index (χ0) is 18.0. The molecule has 2 N–H and O–H groups in total. The number of rotatable bonds is 5. The van der Waals surface area contributed by atoms with Crippen LogP contribution in [0.2, 0.25) is 0 Å². The molecule has 0 bridgehead atoms. The third-order valence-electron chi connectivity index (χ3n) is 4.16. The summed E-state index contributed by atoms with van der Waals surface area (Å²) in [5.41, 5.74) is 2.62. The summed E-state index contributed by atoms with van der Waals surface area (Å²) >= 11 is 1.62. The van der Waals surface area contributed by atoms with Crippen LogP contribution in [-0.2, 0) is 17.6 Å². The molecular weight excluding hydrogens is 338 g/mol. The third-order valence-corrected chi connectivity index (χ3v) is 4.89. The van der Waals surface area contributed by atoms with E-state index in [2.05, 4.69) is 5.32 Å². The summed E-state index contributed by atoms with van der Waals surface area (Å²) in [7, 11) is 0. The molecule has 1 amide bonds. The van der Waals surface area contributed by atoms with Gasteiger partial charge in [0.25, 0.3) is 0 Å². The SMILES string of the molecule is Cc1cc(O)c2c(C)c(CC(=O)NCCc3ccsc3)c(=O)oc2c1. The summed E-state index contributed by atoms with van der Waals surface area (Å²) in [5, 5.41) is 17.5. The lowest BCUT2D eigenvalue weighted by Crippen LogP contribution is -2.29. The second kappa shape index (κ2) is 7.11. The molecule has 0 fully saturated rings. The summed E-state index contributed by atoms with van der Waals surface area (Å²) in [4.78, 5) is 24.4. The predicted octanol–water partition coefficient (Wildman–Crippen LogP) is 3.08. The second-order valence-corrected chi connectivity index (χ2v) is 6.84. The summed E-state index contributed by atoms with van der Waals surface area (Å²) in [6.45, 7) is 4.05. The van der Waals surface area contributed by atoms with Crippen molar-refractivity contribution in [2.45, 2.75) is 26.7 Å². The van der Waals surface area contributed by atoms with E-state index in [9.17, 15) is 14.7 Å². The number of amides is 1. The fraction of sp³-hybridized carbons (Fsp3) is 0.263. The van der Waals surface area contributed by atoms with E-state index in [0.717, 1.165) is 12.0 Å². The van der Waals surface area contributed by atoms with Crippen LogP contribution in [0.3, 0.4) is 0 Å². The molecule has 0 aliphatic carbocycles. The number of hydrogen-bond acceptors (Lipinski definition) is 5. The summed E-state index contributed by atoms with van der Waals surface area (Å²) < 4.78 is 5.31. The van der Waals surface area contributed by atoms with Crippen LogP contribution in [0.25, 0.3) is 11.0 Å². The fourth-order valence-corrected chi connectivity index (χ4v) is 3.57. The van der Waals surface area contributed by atoms with E-state index < -0.39 is 5.63 Å². The smallest absolute Gasteiger partial charge is 0.340 e. The molecule has 3 rings (SSSR count). The molecule has 25 heavy (non-hydrogen) atoms. The molecule has 1 aromatic carbocycles. The van der Waals surface area contributed by atoms with Crippen LogP contribution in [0.5, 0.6) is 5.75 Å². The van der Waals surface area contributed by atoms with Crippen LogP contribution in [0.4, 0.5) is 0 Å². The normalized spacial score (nSPS) is 11.0. The highest BCUT2D eigenvalue weighted by molar-refractivity contribution is 7.07. The Bertz CT molecular complexity index is 973. The number of fused-ring (bicyclic) bond motifs is 1. The van der Waals surface area contributed by atoms with Gasteiger partial charge in [-0.2, -0.15) is 11.3 Å². The number of benzene rings is 1. The molecular formula is C19H19NO4S. The Morgan fingerprint density at radius 3 is 2.84 bits per heavy atom. The molecule has 130 valence electrons. The van der Waals surface area contributed by atoms with Crippen molar-refractivity contribution in [3.05, 3.63) is 61.6 Å². The van der Waals surface area contributed by atoms with Crippen molar-refractivity contribution >= 4 is 28.2 Å². The summed E-state index contributed by atoms with van der Waals surface area (Å²) in [5.74, 6) is -0.188. The first-order chi connectivity index (χ1) is 12.0. The van der Waals surface area contributed by atoms with E-state index in [1.165, 1.54) is 5.56 Å². The highest BCUT2D eigenvalue weighted by Crippen LogP contribution is 2.29. The molecule has 0 spiro atoms. The molecule has 0 aliphatic rings. The van der Waals surface area contributed by atoms with Gasteiger partial charge in [0.15, 0.2) is 0 Å². The van der Waals surface area contributed by atoms with Gasteiger partial charge in [-0.25, -0.2) is 4.79 Å². The van der Waals surface area contributed by atoms with E-state index in [-0.39, 0.29) is 23.6 Å². The van der Waals surface area contributed by atoms with Gasteiger partial charge in [-0.3, -0.25) is 4.79 Å². The topological polar surface area (TPSA) is 79.5 Å². The molecule has 5 nitrogen and oxygen atoms in total. The number of thiophene rings is 1. The highest BCUT2D eigenvalue weighted by Gasteiger charge is 2.17. The molecule has 2 heterocycles. The quantitative estimate of drug-likeness (QED) is 0.688. The first kappa shape index (κ1) is 17.2. The third kappa shape index (κ3) is 3.74. The monoisotopic (exact) mass is 357 g/mol. The van der Waals surface area contributed by atoms with E-state index >= 15 is 0 Å². The van der Waals surface area contributed by atoms with Gasteiger partial charge in [0.05, 0.1) is 17.4 Å². The van der Waals surface area contributed by atoms with Crippen LogP contribution in [-0.4, -0.2) is 17.6 Å². The van der Waals surface area contributed by atoms with Gasteiger partial charge in [-0.05, 0) is 65.9 Å². The number of phenolic OH excluding ortho intramolecular Hbond substituents is 1. The molecule has 6 heteroatoms. The number of aryl methyl sites for hydroxylation is 2. The van der Waals surface area contributed by atoms with Gasteiger partial charge >= 0.3 is 5.63 Å². The van der Waals surface area contributed by atoms with Crippen molar-refractivity contribution in [3.8, 4) is 5.75 Å². The predicted molar refractivity (Wildman–Crippen MR) is 98.4 cm³/mol. The van der Waals surface area contributed by atoms with Crippen LogP contribution < -0.4 is 10.9 Å². The van der Waals surface area contributed by atoms with E-state index in [1.54, 1.807) is 30.4 Å². The van der Waals surface area contributed by atoms with Gasteiger partial charge in [0, 0.05) is 6.54 Å². The van der Waals surface area contributed by atoms with Crippen molar-refractivity contribution in [2.75, 3.05) is 6.54 Å². The lowest BCUT2D eigenvalue weighted by atomic mass is 10.0. The van der Waals surface area contributed by atoms with Crippen molar-refractivity contribution in [3.63, 3.8) is 0 Å². The lowest BCUT2D eigenvalue weighted by Gasteiger charge is -2.10. The van der Waals surface area contributed by atoms with Crippen LogP contribution in [0.15, 0.2) is 38.2 Å². The van der Waals surface area contributed by atoms with Crippen molar-refractivity contribution < 1.29 is 14.3 Å². The minimum atomic E-state index is -0.539. The van der Waals surface area contributed by atoms with Gasteiger partial charge in [-0.1, -0.05) is 0 Å². The molecule has 0 aliphatic heterocycles. The Morgan fingerprint density at radius 1 is 1.32 bits per heavy atom. The largest absolute Gasteiger partial charge is 0.507 e. The maximum Gasteiger partial charge on any atom is 0.340 e. The molecule has 0 atom stereocenters. The molecule has 0 saturated heterocycles. The standard InChI is InChI=1S/C19H19NO4S/c1-11-7-15(21)18-12(2)14(19(23)24-16(18)8-11)9-17(22)20-5-3-13-4-6-25-10-13/h4,6-8,10,21H,3,5,9H2,1-2H3,(H,20,22). The average molecular weight is 357 g/mol. The highest BCUT2D eigenvalue weighted by atomic mass is 32.1. The van der Waals surface area contributed by atoms with E-state index in [1.807, 2.05) is 23.8 Å². The Hall–Kier alpha value is -2.60. The van der Waals surface area contributed by atoms with Crippen molar-refractivity contribution in [1.82, 2.24) is 5.32 Å². The maximum absolute atomic E-state index is 12.2. The molecule has 3 aromatic rings. The molecule has 0 radical (unpaired) electrons. The van der Waals surface area contributed by atoms with Crippen molar-refractivity contribution in [1.29, 1.82) is 0 Å². The summed E-state index contributed by atoms with van der Waals surface area (Å²) in [6.07, 6.45) is 0.682. The average Bonchev–Trinajstić information content (AvgIpc) is 3.03. The first-order valence-electron chi connectivity index (χ1n) is 7.99. The fourth-order valence-electron chi connectivity index (χ4n) is 2.87. The summed E-state index contributed by atoms with van der Waals surface area (Å²) in [6, 6.07) is 5.33. The zero-order valence-electron chi connectivity index (χ0n) is 14.1.